The van der Waals surface area contributed by atoms with Gasteiger partial charge in [0.15, 0.2) is 0 Å². The molecule has 0 fully saturated rings. The fourth-order valence-corrected chi connectivity index (χ4v) is 9.99. The summed E-state index contributed by atoms with van der Waals surface area (Å²) in [5.41, 5.74) is 13.6. The van der Waals surface area contributed by atoms with Crippen molar-refractivity contribution in [3.05, 3.63) is 133 Å². The van der Waals surface area contributed by atoms with Gasteiger partial charge in [0.1, 0.15) is 0 Å². The Labute approximate surface area is 275 Å². The summed E-state index contributed by atoms with van der Waals surface area (Å²) < 4.78 is 3.29. The minimum atomic E-state index is -0.00469. The van der Waals surface area contributed by atoms with Crippen LogP contribution in [0.5, 0.6) is 0 Å². The first-order valence-electron chi connectivity index (χ1n) is 14.1. The first-order valence-corrected chi connectivity index (χ1v) is 18.8. The van der Waals surface area contributed by atoms with Crippen LogP contribution in [0.4, 0.5) is 0 Å². The van der Waals surface area contributed by atoms with Gasteiger partial charge in [-0.05, 0) is 12.8 Å². The van der Waals surface area contributed by atoms with E-state index < -0.39 is 0 Å². The Morgan fingerprint density at radius 2 is 0.975 bits per heavy atom. The fourth-order valence-electron chi connectivity index (χ4n) is 5.19. The van der Waals surface area contributed by atoms with E-state index in [0.717, 1.165) is 12.8 Å². The zero-order chi connectivity index (χ0) is 26.0. The van der Waals surface area contributed by atoms with Gasteiger partial charge in [-0.3, -0.25) is 0 Å². The molecule has 0 N–H and O–H groups in total. The molecule has 0 aromatic heterocycles. The Balaban J connectivity index is 0.000000298. The zero-order valence-corrected chi connectivity index (χ0v) is 31.4. The molecule has 0 amide bonds. The predicted octanol–water partition coefficient (Wildman–Crippen LogP) is 10.5. The van der Waals surface area contributed by atoms with Crippen molar-refractivity contribution in [2.45, 2.75) is 75.1 Å². The van der Waals surface area contributed by atoms with E-state index in [9.17, 15) is 0 Å². The molecule has 1 radical (unpaired) electrons. The van der Waals surface area contributed by atoms with Crippen molar-refractivity contribution < 1.29 is 26.2 Å². The molecule has 2 heteroatoms. The normalized spacial score (nSPS) is 10.9. The van der Waals surface area contributed by atoms with Gasteiger partial charge in [-0.25, -0.2) is 0 Å². The molecule has 0 saturated heterocycles. The molecular formula is C38H47SnZr. The van der Waals surface area contributed by atoms with Crippen LogP contribution in [0.25, 0.3) is 22.3 Å². The zero-order valence-electron chi connectivity index (χ0n) is 25.7. The molecular weight excluding hydrogens is 666 g/mol. The average Bonchev–Trinajstić information content (AvgIpc) is 3.46. The van der Waals surface area contributed by atoms with Gasteiger partial charge < -0.3 is 14.9 Å². The Morgan fingerprint density at radius 1 is 0.575 bits per heavy atom. The molecule has 0 bridgehead atoms. The smallest absolute Gasteiger partial charge is 0.358 e. The molecule has 6 rings (SSSR count). The Hall–Kier alpha value is -1.44. The minimum Gasteiger partial charge on any atom is -0.358 e. The fraction of sp³-hybridized carbons (Fsp3) is 0.316. The molecule has 207 valence electrons. The Kier molecular flexibility index (Phi) is 17.3. The van der Waals surface area contributed by atoms with E-state index in [0.29, 0.717) is 0 Å². The van der Waals surface area contributed by atoms with Crippen LogP contribution in [-0.2, 0) is 39.0 Å². The van der Waals surface area contributed by atoms with Gasteiger partial charge in [-0.1, -0.05) is 84.6 Å². The third kappa shape index (κ3) is 9.84. The SMILES string of the molecule is CCC[CH2][SnH][CH2]CCC.Cc1[c-]c2c(cc1)-c1ccccc1C2.Cc1[c-]c2c(cc1)-c1ccccc1C2.[CH3-].[CH3-].[Zr+4]. The molecule has 2 aliphatic carbocycles. The van der Waals surface area contributed by atoms with Crippen molar-refractivity contribution in [2.24, 2.45) is 0 Å². The topological polar surface area (TPSA) is 0 Å². The summed E-state index contributed by atoms with van der Waals surface area (Å²) in [7, 11) is 0. The first-order chi connectivity index (χ1) is 18.1. The van der Waals surface area contributed by atoms with Crippen LogP contribution >= 0.6 is 0 Å². The van der Waals surface area contributed by atoms with Crippen molar-refractivity contribution >= 4 is 21.1 Å². The summed E-state index contributed by atoms with van der Waals surface area (Å²) in [5, 5.41) is 0. The molecule has 0 spiro atoms. The number of hydrogen-bond donors (Lipinski definition) is 0. The maximum atomic E-state index is 3.43. The van der Waals surface area contributed by atoms with E-state index >= 15 is 0 Å². The van der Waals surface area contributed by atoms with E-state index in [1.54, 1.807) is 8.87 Å². The van der Waals surface area contributed by atoms with Crippen molar-refractivity contribution in [1.82, 2.24) is 0 Å². The van der Waals surface area contributed by atoms with Gasteiger partial charge in [0.25, 0.3) is 0 Å². The second kappa shape index (κ2) is 18.9. The van der Waals surface area contributed by atoms with Crippen molar-refractivity contribution in [3.8, 4) is 22.3 Å². The number of hydrogen-bond acceptors (Lipinski definition) is 0. The van der Waals surface area contributed by atoms with Crippen LogP contribution in [-0.4, -0.2) is 21.1 Å². The van der Waals surface area contributed by atoms with Gasteiger partial charge in [-0.2, -0.15) is 47.5 Å². The van der Waals surface area contributed by atoms with Gasteiger partial charge in [0.05, 0.1) is 0 Å². The summed E-state index contributed by atoms with van der Waals surface area (Å²) in [4.78, 5) is 0. The monoisotopic (exact) mass is 713 g/mol. The number of fused-ring (bicyclic) bond motifs is 6. The molecule has 4 aromatic carbocycles. The summed E-state index contributed by atoms with van der Waals surface area (Å²) in [6.45, 7) is 8.79. The van der Waals surface area contributed by atoms with E-state index in [-0.39, 0.29) is 62.2 Å². The molecule has 0 aliphatic heterocycles. The van der Waals surface area contributed by atoms with E-state index in [1.807, 2.05) is 0 Å². The van der Waals surface area contributed by atoms with Crippen LogP contribution in [0.15, 0.2) is 72.8 Å². The average molecular weight is 714 g/mol. The number of rotatable bonds is 6. The second-order valence-electron chi connectivity index (χ2n) is 10.3. The second-order valence-corrected chi connectivity index (χ2v) is 15.3. The summed E-state index contributed by atoms with van der Waals surface area (Å²) in [5.74, 6) is 0. The first kappa shape index (κ1) is 36.6. The number of aryl methyl sites for hydroxylation is 2. The molecule has 0 atom stereocenters. The molecule has 0 nitrogen and oxygen atoms in total. The third-order valence-corrected chi connectivity index (χ3v) is 11.9. The van der Waals surface area contributed by atoms with Crippen molar-refractivity contribution in [1.29, 1.82) is 0 Å². The maximum Gasteiger partial charge on any atom is 4.00 e. The van der Waals surface area contributed by atoms with Gasteiger partial charge in [-0.15, -0.1) is 22.3 Å². The third-order valence-electron chi connectivity index (χ3n) is 7.22. The molecule has 40 heavy (non-hydrogen) atoms. The molecule has 0 saturated carbocycles. The molecule has 4 aromatic rings. The van der Waals surface area contributed by atoms with Crippen LogP contribution < -0.4 is 0 Å². The molecule has 0 heterocycles. The van der Waals surface area contributed by atoms with Gasteiger partial charge in [0, 0.05) is 0 Å². The Bertz CT molecular complexity index is 1210. The molecule has 2 aliphatic rings. The Morgan fingerprint density at radius 3 is 1.38 bits per heavy atom. The number of unbranched alkanes of at least 4 members (excludes halogenated alkanes) is 2. The van der Waals surface area contributed by atoms with Crippen LogP contribution in [0.2, 0.25) is 8.87 Å². The summed E-state index contributed by atoms with van der Waals surface area (Å²) in [6, 6.07) is 32.8. The van der Waals surface area contributed by atoms with E-state index in [2.05, 4.69) is 113 Å². The summed E-state index contributed by atoms with van der Waals surface area (Å²) >= 11 is -0.00469. The van der Waals surface area contributed by atoms with Crippen molar-refractivity contribution in [3.63, 3.8) is 0 Å². The van der Waals surface area contributed by atoms with Crippen LogP contribution in [0.3, 0.4) is 0 Å². The number of benzene rings is 4. The molecule has 0 unspecified atom stereocenters. The van der Waals surface area contributed by atoms with Gasteiger partial charge in [0.2, 0.25) is 0 Å². The van der Waals surface area contributed by atoms with Gasteiger partial charge >= 0.3 is 95.7 Å². The minimum absolute atomic E-state index is 0. The van der Waals surface area contributed by atoms with Crippen LogP contribution in [0.1, 0.15) is 72.9 Å². The standard InChI is InChI=1S/2C14H11.2C4H9.2CH3.Sn.Zr.H/c2*1-10-6-7-14-12(8-10)9-11-4-2-3-5-13(11)14;2*1-3-4-2;;;;;/h2*2-7H,9H2,1H3;2*1,3-4H2,2H3;2*1H3;;;/q2*-1;;;2*-1;;+4;. The summed E-state index contributed by atoms with van der Waals surface area (Å²) in [6.07, 6.45) is 7.96. The van der Waals surface area contributed by atoms with Crippen LogP contribution in [0, 0.1) is 40.8 Å². The van der Waals surface area contributed by atoms with Crippen molar-refractivity contribution in [2.75, 3.05) is 0 Å². The van der Waals surface area contributed by atoms with E-state index in [1.165, 1.54) is 81.3 Å². The quantitative estimate of drug-likeness (QED) is 0.0916. The predicted molar refractivity (Wildman–Crippen MR) is 176 cm³/mol. The maximum absolute atomic E-state index is 3.43. The van der Waals surface area contributed by atoms with E-state index in [4.69, 9.17) is 0 Å². The largest absolute Gasteiger partial charge is 4.00 e.